The maximum absolute atomic E-state index is 13.6. The minimum absolute atomic E-state index is 0.0911. The maximum atomic E-state index is 13.6. The first-order valence-electron chi connectivity index (χ1n) is 10.00. The molecule has 0 bridgehead atoms. The summed E-state index contributed by atoms with van der Waals surface area (Å²) in [5.74, 6) is 0. The van der Waals surface area contributed by atoms with Gasteiger partial charge in [0, 0.05) is 17.8 Å². The molecule has 0 aliphatic heterocycles. The van der Waals surface area contributed by atoms with Crippen LogP contribution in [0.5, 0.6) is 0 Å². The third-order valence-corrected chi connectivity index (χ3v) is 7.53. The van der Waals surface area contributed by atoms with Gasteiger partial charge in [-0.25, -0.2) is 13.1 Å². The number of rotatable bonds is 5. The number of anilines is 1. The average Bonchev–Trinajstić information content (AvgIpc) is 3.43. The Balaban J connectivity index is 1.52. The zero-order valence-corrected chi connectivity index (χ0v) is 16.7. The molecule has 0 radical (unpaired) electrons. The van der Waals surface area contributed by atoms with E-state index in [0.29, 0.717) is 25.7 Å². The van der Waals surface area contributed by atoms with E-state index >= 15 is 0 Å². The van der Waals surface area contributed by atoms with Crippen molar-refractivity contribution in [2.24, 2.45) is 0 Å². The van der Waals surface area contributed by atoms with Crippen LogP contribution in [0.4, 0.5) is 18.9 Å². The van der Waals surface area contributed by atoms with Crippen molar-refractivity contribution in [3.63, 3.8) is 0 Å². The number of benzene rings is 1. The lowest BCUT2D eigenvalue weighted by atomic mass is 9.85. The van der Waals surface area contributed by atoms with Crippen LogP contribution in [0.25, 0.3) is 0 Å². The van der Waals surface area contributed by atoms with E-state index in [2.05, 4.69) is 10.0 Å². The molecule has 0 atom stereocenters. The average molecular weight is 430 g/mol. The van der Waals surface area contributed by atoms with Crippen LogP contribution in [0, 0.1) is 0 Å². The second-order valence-electron chi connectivity index (χ2n) is 8.29. The zero-order valence-electron chi connectivity index (χ0n) is 15.9. The predicted molar refractivity (Wildman–Crippen MR) is 103 cm³/mol. The minimum atomic E-state index is -4.79. The van der Waals surface area contributed by atoms with Gasteiger partial charge in [-0.05, 0) is 69.6 Å². The zero-order chi connectivity index (χ0) is 20.8. The van der Waals surface area contributed by atoms with Gasteiger partial charge in [-0.2, -0.15) is 13.2 Å². The van der Waals surface area contributed by atoms with Crippen molar-refractivity contribution >= 4 is 15.7 Å². The van der Waals surface area contributed by atoms with Gasteiger partial charge in [0.25, 0.3) is 0 Å². The van der Waals surface area contributed by atoms with Crippen LogP contribution in [0.2, 0.25) is 0 Å². The third-order valence-electron chi connectivity index (χ3n) is 5.95. The Morgan fingerprint density at radius 1 is 0.966 bits per heavy atom. The molecule has 160 valence electrons. The summed E-state index contributed by atoms with van der Waals surface area (Å²) in [6.07, 6.45) is 0.364. The largest absolute Gasteiger partial charge is 0.417 e. The van der Waals surface area contributed by atoms with Gasteiger partial charge in [0.1, 0.15) is 0 Å². The van der Waals surface area contributed by atoms with E-state index in [1.807, 2.05) is 0 Å². The van der Waals surface area contributed by atoms with Gasteiger partial charge in [0.15, 0.2) is 0 Å². The Morgan fingerprint density at radius 3 is 2.21 bits per heavy atom. The summed E-state index contributed by atoms with van der Waals surface area (Å²) in [6.45, 7) is 0. The molecule has 0 saturated heterocycles. The normalized spacial score (nSPS) is 27.5. The summed E-state index contributed by atoms with van der Waals surface area (Å²) in [5, 5.41) is 12.6. The number of hydrogen-bond acceptors (Lipinski definition) is 4. The van der Waals surface area contributed by atoms with Crippen LogP contribution in [-0.2, 0) is 16.2 Å². The van der Waals surface area contributed by atoms with Crippen LogP contribution < -0.4 is 10.0 Å². The van der Waals surface area contributed by atoms with E-state index in [4.69, 9.17) is 0 Å². The van der Waals surface area contributed by atoms with E-state index in [-0.39, 0.29) is 11.7 Å². The SMILES string of the molecule is O=S(=O)(NC1CCC(O)CC1)c1ccc(NC2CC(=C3CC3)C2)cc1C(F)(F)F. The molecule has 0 aromatic heterocycles. The predicted octanol–water partition coefficient (Wildman–Crippen LogP) is 3.95. The lowest BCUT2D eigenvalue weighted by Crippen LogP contribution is -2.39. The van der Waals surface area contributed by atoms with Crippen LogP contribution >= 0.6 is 0 Å². The second kappa shape index (κ2) is 7.59. The smallest absolute Gasteiger partial charge is 0.393 e. The Bertz CT molecular complexity index is 905. The van der Waals surface area contributed by atoms with Gasteiger partial charge >= 0.3 is 6.18 Å². The summed E-state index contributed by atoms with van der Waals surface area (Å²) in [4.78, 5) is -0.754. The van der Waals surface area contributed by atoms with Gasteiger partial charge in [-0.1, -0.05) is 11.1 Å². The van der Waals surface area contributed by atoms with Crippen molar-refractivity contribution in [3.8, 4) is 0 Å². The van der Waals surface area contributed by atoms with Crippen LogP contribution in [0.15, 0.2) is 34.2 Å². The number of nitrogens with one attached hydrogen (secondary N) is 2. The van der Waals surface area contributed by atoms with Crippen LogP contribution in [-0.4, -0.2) is 31.7 Å². The van der Waals surface area contributed by atoms with Crippen molar-refractivity contribution in [1.29, 1.82) is 0 Å². The minimum Gasteiger partial charge on any atom is -0.393 e. The van der Waals surface area contributed by atoms with Crippen LogP contribution in [0.1, 0.15) is 56.9 Å². The Hall–Kier alpha value is -1.58. The molecule has 3 aliphatic rings. The fourth-order valence-electron chi connectivity index (χ4n) is 4.13. The van der Waals surface area contributed by atoms with E-state index in [0.717, 1.165) is 37.8 Å². The van der Waals surface area contributed by atoms with Gasteiger partial charge in [-0.3, -0.25) is 0 Å². The summed E-state index contributed by atoms with van der Waals surface area (Å²) < 4.78 is 68.6. The summed E-state index contributed by atoms with van der Waals surface area (Å²) in [5.41, 5.74) is 1.99. The van der Waals surface area contributed by atoms with Crippen molar-refractivity contribution in [1.82, 2.24) is 4.72 Å². The number of aliphatic hydroxyl groups excluding tert-OH is 1. The molecule has 0 heterocycles. The molecular formula is C20H25F3N2O3S. The van der Waals surface area contributed by atoms with Gasteiger partial charge in [0.2, 0.25) is 10.0 Å². The maximum Gasteiger partial charge on any atom is 0.417 e. The van der Waals surface area contributed by atoms with E-state index < -0.39 is 38.8 Å². The molecule has 0 amide bonds. The topological polar surface area (TPSA) is 78.4 Å². The van der Waals surface area contributed by atoms with Gasteiger partial charge in [-0.15, -0.1) is 0 Å². The molecule has 9 heteroatoms. The first-order chi connectivity index (χ1) is 13.6. The first-order valence-corrected chi connectivity index (χ1v) is 11.5. The summed E-state index contributed by atoms with van der Waals surface area (Å²) in [6, 6.07) is 2.95. The molecule has 5 nitrogen and oxygen atoms in total. The molecule has 1 aromatic carbocycles. The van der Waals surface area contributed by atoms with Crippen molar-refractivity contribution in [2.45, 2.75) is 80.6 Å². The number of halogens is 3. The fourth-order valence-corrected chi connectivity index (χ4v) is 5.64. The molecule has 0 spiro atoms. The molecule has 3 fully saturated rings. The number of sulfonamides is 1. The highest BCUT2D eigenvalue weighted by Crippen LogP contribution is 2.42. The Kier molecular flexibility index (Phi) is 5.41. The fraction of sp³-hybridized carbons (Fsp3) is 0.600. The van der Waals surface area contributed by atoms with E-state index in [1.54, 1.807) is 0 Å². The highest BCUT2D eigenvalue weighted by molar-refractivity contribution is 7.89. The molecule has 4 rings (SSSR count). The molecule has 0 unspecified atom stereocenters. The number of hydrogen-bond donors (Lipinski definition) is 3. The van der Waals surface area contributed by atoms with Crippen LogP contribution in [0.3, 0.4) is 0 Å². The lowest BCUT2D eigenvalue weighted by Gasteiger charge is -2.31. The quantitative estimate of drug-likeness (QED) is 0.618. The third kappa shape index (κ3) is 4.78. The van der Waals surface area contributed by atoms with E-state index in [1.165, 1.54) is 17.2 Å². The van der Waals surface area contributed by atoms with Crippen molar-refractivity contribution in [2.75, 3.05) is 5.32 Å². The number of alkyl halides is 3. The number of aliphatic hydroxyl groups is 1. The Labute approximate surface area is 168 Å². The van der Waals surface area contributed by atoms with E-state index in [9.17, 15) is 26.7 Å². The highest BCUT2D eigenvalue weighted by atomic mass is 32.2. The highest BCUT2D eigenvalue weighted by Gasteiger charge is 2.39. The molecule has 3 N–H and O–H groups in total. The number of allylic oxidation sites excluding steroid dienone is 1. The molecule has 29 heavy (non-hydrogen) atoms. The van der Waals surface area contributed by atoms with Gasteiger partial charge < -0.3 is 10.4 Å². The standard InChI is InChI=1S/C20H25F3N2O3S/c21-20(22,23)18-11-15(24-16-9-13(10-16)12-1-2-12)5-8-19(18)29(27,28)25-14-3-6-17(26)7-4-14/h5,8,11,14,16-17,24-26H,1-4,6-7,9-10H2. The summed E-state index contributed by atoms with van der Waals surface area (Å²) in [7, 11) is -4.33. The summed E-state index contributed by atoms with van der Waals surface area (Å²) >= 11 is 0. The molecule has 3 aliphatic carbocycles. The Morgan fingerprint density at radius 2 is 1.62 bits per heavy atom. The lowest BCUT2D eigenvalue weighted by molar-refractivity contribution is -0.139. The molecule has 1 aromatic rings. The van der Waals surface area contributed by atoms with Crippen molar-refractivity contribution < 1.29 is 26.7 Å². The molecule has 3 saturated carbocycles. The second-order valence-corrected chi connectivity index (χ2v) is 9.97. The van der Waals surface area contributed by atoms with Gasteiger partial charge in [0.05, 0.1) is 16.6 Å². The van der Waals surface area contributed by atoms with Crippen molar-refractivity contribution in [3.05, 3.63) is 34.9 Å². The monoisotopic (exact) mass is 430 g/mol. The molecular weight excluding hydrogens is 405 g/mol. The first kappa shape index (κ1) is 20.7.